The number of carbonyl (C=O) groups is 2. The van der Waals surface area contributed by atoms with Crippen molar-refractivity contribution in [3.05, 3.63) is 0 Å². The highest BCUT2D eigenvalue weighted by Gasteiger charge is 2.38. The van der Waals surface area contributed by atoms with Crippen LogP contribution in [0.5, 0.6) is 0 Å². The van der Waals surface area contributed by atoms with E-state index in [2.05, 4.69) is 0 Å². The van der Waals surface area contributed by atoms with Gasteiger partial charge in [0.1, 0.15) is 0 Å². The summed E-state index contributed by atoms with van der Waals surface area (Å²) in [5.74, 6) is -1.38. The highest BCUT2D eigenvalue weighted by molar-refractivity contribution is 5.77. The van der Waals surface area contributed by atoms with Crippen molar-refractivity contribution in [1.82, 2.24) is 9.80 Å². The number of nitrogens with zero attached hydrogens (tertiary/aromatic N) is 3. The van der Waals surface area contributed by atoms with E-state index in [0.29, 0.717) is 6.54 Å². The third-order valence-electron chi connectivity index (χ3n) is 3.55. The van der Waals surface area contributed by atoms with Gasteiger partial charge >= 0.3 is 12.0 Å². The lowest BCUT2D eigenvalue weighted by atomic mass is 9.99. The summed E-state index contributed by atoms with van der Waals surface area (Å²) >= 11 is 0. The van der Waals surface area contributed by atoms with Gasteiger partial charge in [0.05, 0.1) is 18.4 Å². The van der Waals surface area contributed by atoms with E-state index in [9.17, 15) is 9.59 Å². The summed E-state index contributed by atoms with van der Waals surface area (Å²) in [6, 6.07) is 1.66. The quantitative estimate of drug-likeness (QED) is 0.813. The van der Waals surface area contributed by atoms with E-state index < -0.39 is 11.9 Å². The summed E-state index contributed by atoms with van der Waals surface area (Å²) in [6.07, 6.45) is 0.272. The number of nitriles is 1. The number of likely N-dealkylation sites (tertiary alicyclic amines) is 1. The van der Waals surface area contributed by atoms with Crippen LogP contribution in [-0.2, 0) is 4.79 Å². The van der Waals surface area contributed by atoms with Crippen LogP contribution in [0.15, 0.2) is 0 Å². The second-order valence-corrected chi connectivity index (χ2v) is 4.93. The van der Waals surface area contributed by atoms with Gasteiger partial charge in [-0.05, 0) is 12.8 Å². The van der Waals surface area contributed by atoms with Crippen LogP contribution in [-0.4, -0.2) is 53.1 Å². The van der Waals surface area contributed by atoms with E-state index in [4.69, 9.17) is 10.4 Å². The fourth-order valence-electron chi connectivity index (χ4n) is 2.13. The van der Waals surface area contributed by atoms with Gasteiger partial charge in [0.2, 0.25) is 0 Å². The SMILES string of the molecule is CC(CC#N)N(C)C(=O)N1C[C@@H](C)[C@H](C(=O)O)C1. The molecule has 0 bridgehead atoms. The van der Waals surface area contributed by atoms with Crippen molar-refractivity contribution in [3.63, 3.8) is 0 Å². The average molecular weight is 253 g/mol. The fraction of sp³-hybridized carbons (Fsp3) is 0.750. The molecule has 0 aromatic carbocycles. The summed E-state index contributed by atoms with van der Waals surface area (Å²) < 4.78 is 0. The Bertz CT molecular complexity index is 377. The zero-order valence-electron chi connectivity index (χ0n) is 11.0. The summed E-state index contributed by atoms with van der Waals surface area (Å²) in [5.41, 5.74) is 0. The van der Waals surface area contributed by atoms with Gasteiger partial charge < -0.3 is 14.9 Å². The summed E-state index contributed by atoms with van der Waals surface area (Å²) in [6.45, 7) is 4.35. The van der Waals surface area contributed by atoms with Gasteiger partial charge in [0.25, 0.3) is 0 Å². The number of carboxylic acid groups (broad SMARTS) is 1. The van der Waals surface area contributed by atoms with Crippen molar-refractivity contribution >= 4 is 12.0 Å². The number of amides is 2. The van der Waals surface area contributed by atoms with Crippen molar-refractivity contribution in [2.75, 3.05) is 20.1 Å². The van der Waals surface area contributed by atoms with E-state index in [1.165, 1.54) is 4.90 Å². The predicted molar refractivity (Wildman–Crippen MR) is 64.7 cm³/mol. The van der Waals surface area contributed by atoms with Crippen LogP contribution in [0.3, 0.4) is 0 Å². The van der Waals surface area contributed by atoms with Gasteiger partial charge in [-0.3, -0.25) is 4.79 Å². The van der Waals surface area contributed by atoms with Crippen LogP contribution in [0.1, 0.15) is 20.3 Å². The average Bonchev–Trinajstić information content (AvgIpc) is 2.69. The number of hydrogen-bond acceptors (Lipinski definition) is 3. The second-order valence-electron chi connectivity index (χ2n) is 4.93. The maximum absolute atomic E-state index is 12.1. The molecule has 0 spiro atoms. The highest BCUT2D eigenvalue weighted by atomic mass is 16.4. The topological polar surface area (TPSA) is 84.6 Å². The first kappa shape index (κ1) is 14.3. The molecule has 0 aliphatic carbocycles. The zero-order chi connectivity index (χ0) is 13.9. The van der Waals surface area contributed by atoms with Gasteiger partial charge in [-0.25, -0.2) is 4.79 Å². The smallest absolute Gasteiger partial charge is 0.320 e. The minimum absolute atomic E-state index is 0.0360. The Labute approximate surface area is 107 Å². The lowest BCUT2D eigenvalue weighted by Gasteiger charge is -2.28. The normalized spacial score (nSPS) is 24.4. The van der Waals surface area contributed by atoms with Crippen molar-refractivity contribution < 1.29 is 14.7 Å². The number of hydrogen-bond donors (Lipinski definition) is 1. The molecule has 1 heterocycles. The Morgan fingerprint density at radius 2 is 2.17 bits per heavy atom. The fourth-order valence-corrected chi connectivity index (χ4v) is 2.13. The van der Waals surface area contributed by atoms with E-state index in [0.717, 1.165) is 0 Å². The molecule has 0 saturated carbocycles. The number of urea groups is 1. The van der Waals surface area contributed by atoms with Gasteiger partial charge in [-0.2, -0.15) is 5.26 Å². The van der Waals surface area contributed by atoms with Crippen LogP contribution in [0, 0.1) is 23.2 Å². The van der Waals surface area contributed by atoms with Crippen LogP contribution >= 0.6 is 0 Å². The Morgan fingerprint density at radius 1 is 1.56 bits per heavy atom. The van der Waals surface area contributed by atoms with Gasteiger partial charge in [0, 0.05) is 26.2 Å². The molecule has 100 valence electrons. The number of carboxylic acids is 1. The molecule has 18 heavy (non-hydrogen) atoms. The highest BCUT2D eigenvalue weighted by Crippen LogP contribution is 2.24. The molecule has 6 heteroatoms. The summed E-state index contributed by atoms with van der Waals surface area (Å²) in [4.78, 5) is 26.2. The van der Waals surface area contributed by atoms with Crippen molar-refractivity contribution in [2.45, 2.75) is 26.3 Å². The molecule has 1 rings (SSSR count). The van der Waals surface area contributed by atoms with Gasteiger partial charge in [-0.1, -0.05) is 6.92 Å². The van der Waals surface area contributed by atoms with Gasteiger partial charge in [0.15, 0.2) is 0 Å². The number of aliphatic carboxylic acids is 1. The minimum Gasteiger partial charge on any atom is -0.481 e. The molecule has 0 radical (unpaired) electrons. The number of rotatable bonds is 3. The van der Waals surface area contributed by atoms with E-state index in [-0.39, 0.29) is 31.0 Å². The Balaban J connectivity index is 2.64. The first-order chi connectivity index (χ1) is 8.38. The van der Waals surface area contributed by atoms with E-state index in [1.54, 1.807) is 18.9 Å². The Morgan fingerprint density at radius 3 is 2.61 bits per heavy atom. The molecule has 1 unspecified atom stereocenters. The van der Waals surface area contributed by atoms with Crippen LogP contribution < -0.4 is 0 Å². The molecule has 2 amide bonds. The standard InChI is InChI=1S/C12H19N3O3/c1-8-6-15(7-10(8)11(16)17)12(18)14(3)9(2)4-5-13/h8-10H,4,6-7H2,1-3H3,(H,16,17)/t8-,9?,10-/m1/s1. The van der Waals surface area contributed by atoms with Crippen LogP contribution in [0.4, 0.5) is 4.79 Å². The van der Waals surface area contributed by atoms with Crippen molar-refractivity contribution in [2.24, 2.45) is 11.8 Å². The van der Waals surface area contributed by atoms with Crippen molar-refractivity contribution in [3.8, 4) is 6.07 Å². The first-order valence-corrected chi connectivity index (χ1v) is 6.00. The molecule has 6 nitrogen and oxygen atoms in total. The van der Waals surface area contributed by atoms with E-state index >= 15 is 0 Å². The maximum atomic E-state index is 12.1. The molecular weight excluding hydrogens is 234 g/mol. The van der Waals surface area contributed by atoms with Gasteiger partial charge in [-0.15, -0.1) is 0 Å². The molecule has 0 aromatic heterocycles. The Hall–Kier alpha value is -1.77. The molecule has 1 fully saturated rings. The third-order valence-corrected chi connectivity index (χ3v) is 3.55. The Kier molecular flexibility index (Phi) is 4.54. The van der Waals surface area contributed by atoms with E-state index in [1.807, 2.05) is 13.0 Å². The predicted octanol–water partition coefficient (Wildman–Crippen LogP) is 0.993. The maximum Gasteiger partial charge on any atom is 0.320 e. The number of carbonyl (C=O) groups excluding carboxylic acids is 1. The monoisotopic (exact) mass is 253 g/mol. The molecule has 1 saturated heterocycles. The third kappa shape index (κ3) is 2.92. The zero-order valence-corrected chi connectivity index (χ0v) is 11.0. The van der Waals surface area contributed by atoms with Crippen molar-refractivity contribution in [1.29, 1.82) is 5.26 Å². The summed E-state index contributed by atoms with van der Waals surface area (Å²) in [7, 11) is 1.64. The minimum atomic E-state index is -0.856. The molecular formula is C12H19N3O3. The first-order valence-electron chi connectivity index (χ1n) is 6.00. The molecule has 1 aliphatic heterocycles. The molecule has 1 N–H and O–H groups in total. The van der Waals surface area contributed by atoms with Crippen LogP contribution in [0.25, 0.3) is 0 Å². The second kappa shape index (κ2) is 5.71. The van der Waals surface area contributed by atoms with Crippen LogP contribution in [0.2, 0.25) is 0 Å². The molecule has 3 atom stereocenters. The lowest BCUT2D eigenvalue weighted by Crippen LogP contribution is -2.44. The lowest BCUT2D eigenvalue weighted by molar-refractivity contribution is -0.142. The molecule has 1 aliphatic rings. The summed E-state index contributed by atoms with van der Waals surface area (Å²) in [5, 5.41) is 17.6. The largest absolute Gasteiger partial charge is 0.481 e. The molecule has 0 aromatic rings.